The van der Waals surface area contributed by atoms with Gasteiger partial charge in [-0.3, -0.25) is 19.1 Å². The second-order valence-corrected chi connectivity index (χ2v) is 7.54. The summed E-state index contributed by atoms with van der Waals surface area (Å²) in [5, 5.41) is 0. The van der Waals surface area contributed by atoms with Gasteiger partial charge in [-0.1, -0.05) is 51.5 Å². The Kier molecular flexibility index (Phi) is 7.20. The van der Waals surface area contributed by atoms with E-state index in [1.807, 2.05) is 31.2 Å². The second-order valence-electron chi connectivity index (χ2n) is 7.54. The fourth-order valence-corrected chi connectivity index (χ4v) is 3.12. The van der Waals surface area contributed by atoms with Crippen molar-refractivity contribution < 1.29 is 4.79 Å². The van der Waals surface area contributed by atoms with Crippen LogP contribution in [0.15, 0.2) is 33.9 Å². The number of likely N-dealkylation sites (N-methyl/N-ethyl adjacent to an activating group) is 1. The molecule has 1 aromatic heterocycles. The molecule has 0 unspecified atom stereocenters. The van der Waals surface area contributed by atoms with Crippen LogP contribution in [0.1, 0.15) is 44.7 Å². The number of aromatic nitrogens is 2. The molecule has 2 aromatic rings. The van der Waals surface area contributed by atoms with E-state index in [0.29, 0.717) is 12.5 Å². The lowest BCUT2D eigenvalue weighted by atomic mass is 10.0. The van der Waals surface area contributed by atoms with Gasteiger partial charge in [-0.2, -0.15) is 0 Å². The van der Waals surface area contributed by atoms with E-state index in [0.717, 1.165) is 24.8 Å². The average Bonchev–Trinajstić information content (AvgIpc) is 2.62. The molecule has 0 aliphatic heterocycles. The zero-order valence-corrected chi connectivity index (χ0v) is 17.1. The molecule has 3 N–H and O–H groups in total. The summed E-state index contributed by atoms with van der Waals surface area (Å²) in [6, 6.07) is 7.90. The third-order valence-electron chi connectivity index (χ3n) is 4.68. The zero-order chi connectivity index (χ0) is 20.8. The largest absolute Gasteiger partial charge is 0.383 e. The molecule has 0 bridgehead atoms. The van der Waals surface area contributed by atoms with Crippen molar-refractivity contribution in [3.8, 4) is 0 Å². The van der Waals surface area contributed by atoms with E-state index in [1.54, 1.807) is 0 Å². The Morgan fingerprint density at radius 3 is 2.36 bits per heavy atom. The van der Waals surface area contributed by atoms with Crippen molar-refractivity contribution in [2.75, 3.05) is 17.7 Å². The van der Waals surface area contributed by atoms with Crippen molar-refractivity contribution in [3.63, 3.8) is 0 Å². The molecule has 152 valence electrons. The number of rotatable bonds is 8. The summed E-state index contributed by atoms with van der Waals surface area (Å²) in [6.07, 6.45) is 2.75. The van der Waals surface area contributed by atoms with Gasteiger partial charge in [-0.15, -0.1) is 0 Å². The van der Waals surface area contributed by atoms with Gasteiger partial charge in [0.1, 0.15) is 5.82 Å². The third-order valence-corrected chi connectivity index (χ3v) is 4.68. The SMILES string of the molecule is CCCCn1c(N)c(N(C)C(=O)Cc2ccc(CC(C)C)cc2)c(=O)[nH]c1=O. The van der Waals surface area contributed by atoms with E-state index in [4.69, 9.17) is 5.73 Å². The van der Waals surface area contributed by atoms with Gasteiger partial charge < -0.3 is 10.6 Å². The molecule has 1 heterocycles. The van der Waals surface area contributed by atoms with Crippen LogP contribution in [0.3, 0.4) is 0 Å². The Labute approximate surface area is 165 Å². The molecule has 0 aliphatic carbocycles. The summed E-state index contributed by atoms with van der Waals surface area (Å²) in [4.78, 5) is 40.5. The maximum atomic E-state index is 12.7. The van der Waals surface area contributed by atoms with Gasteiger partial charge in [0.2, 0.25) is 5.91 Å². The lowest BCUT2D eigenvalue weighted by molar-refractivity contribution is -0.117. The fourth-order valence-electron chi connectivity index (χ4n) is 3.12. The van der Waals surface area contributed by atoms with Crippen molar-refractivity contribution in [2.45, 2.75) is 53.0 Å². The highest BCUT2D eigenvalue weighted by Crippen LogP contribution is 2.17. The highest BCUT2D eigenvalue weighted by Gasteiger charge is 2.21. The molecule has 0 radical (unpaired) electrons. The Balaban J connectivity index is 2.23. The molecule has 0 atom stereocenters. The van der Waals surface area contributed by atoms with Crippen LogP contribution in [0, 0.1) is 5.92 Å². The summed E-state index contributed by atoms with van der Waals surface area (Å²) in [5.41, 5.74) is 6.96. The molecule has 0 aliphatic rings. The molecular weight excluding hydrogens is 356 g/mol. The van der Waals surface area contributed by atoms with Gasteiger partial charge in [0.05, 0.1) is 6.42 Å². The number of nitrogens with one attached hydrogen (secondary N) is 1. The van der Waals surface area contributed by atoms with Gasteiger partial charge in [0, 0.05) is 13.6 Å². The number of amides is 1. The number of hydrogen-bond acceptors (Lipinski definition) is 4. The molecule has 28 heavy (non-hydrogen) atoms. The van der Waals surface area contributed by atoms with E-state index in [2.05, 4.69) is 18.8 Å². The molecule has 1 aromatic carbocycles. The van der Waals surface area contributed by atoms with Crippen LogP contribution in [-0.2, 0) is 24.2 Å². The number of H-pyrrole nitrogens is 1. The summed E-state index contributed by atoms with van der Waals surface area (Å²) < 4.78 is 1.31. The molecule has 0 spiro atoms. The Hall–Kier alpha value is -2.83. The number of nitrogens with two attached hydrogens (primary N) is 1. The van der Waals surface area contributed by atoms with Crippen LogP contribution in [0.25, 0.3) is 0 Å². The number of benzene rings is 1. The van der Waals surface area contributed by atoms with Crippen molar-refractivity contribution >= 4 is 17.4 Å². The minimum absolute atomic E-state index is 0.0112. The van der Waals surface area contributed by atoms with Crippen molar-refractivity contribution in [3.05, 3.63) is 56.2 Å². The van der Waals surface area contributed by atoms with E-state index in [-0.39, 0.29) is 23.8 Å². The normalized spacial score (nSPS) is 11.0. The van der Waals surface area contributed by atoms with Crippen LogP contribution in [0.5, 0.6) is 0 Å². The summed E-state index contributed by atoms with van der Waals surface area (Å²) in [6.45, 7) is 6.71. The van der Waals surface area contributed by atoms with E-state index >= 15 is 0 Å². The molecule has 0 saturated heterocycles. The number of hydrogen-bond donors (Lipinski definition) is 2. The lowest BCUT2D eigenvalue weighted by Gasteiger charge is -2.20. The number of unbranched alkanes of at least 4 members (excludes halogenated alkanes) is 1. The number of nitrogen functional groups attached to an aromatic ring is 1. The van der Waals surface area contributed by atoms with E-state index in [9.17, 15) is 14.4 Å². The highest BCUT2D eigenvalue weighted by atomic mass is 16.2. The predicted molar refractivity (Wildman–Crippen MR) is 113 cm³/mol. The van der Waals surface area contributed by atoms with Crippen LogP contribution < -0.4 is 21.9 Å². The first kappa shape index (κ1) is 21.5. The van der Waals surface area contributed by atoms with E-state index in [1.165, 1.54) is 22.1 Å². The predicted octanol–water partition coefficient (Wildman–Crippen LogP) is 2.32. The summed E-state index contributed by atoms with van der Waals surface area (Å²) in [5.74, 6) is 0.316. The quantitative estimate of drug-likeness (QED) is 0.727. The third kappa shape index (κ3) is 5.12. The number of aromatic amines is 1. The number of nitrogens with zero attached hydrogens (tertiary/aromatic N) is 2. The smallest absolute Gasteiger partial charge is 0.330 e. The van der Waals surface area contributed by atoms with Gasteiger partial charge in [-0.25, -0.2) is 4.79 Å². The Morgan fingerprint density at radius 1 is 1.18 bits per heavy atom. The number of anilines is 2. The van der Waals surface area contributed by atoms with Gasteiger partial charge in [-0.05, 0) is 29.9 Å². The van der Waals surface area contributed by atoms with Crippen molar-refractivity contribution in [1.82, 2.24) is 9.55 Å². The van der Waals surface area contributed by atoms with Gasteiger partial charge >= 0.3 is 5.69 Å². The fraction of sp³-hybridized carbons (Fsp3) is 0.476. The van der Waals surface area contributed by atoms with Crippen LogP contribution in [0.2, 0.25) is 0 Å². The minimum atomic E-state index is -0.654. The average molecular weight is 386 g/mol. The second kappa shape index (κ2) is 9.39. The monoisotopic (exact) mass is 386 g/mol. The van der Waals surface area contributed by atoms with E-state index < -0.39 is 11.2 Å². The summed E-state index contributed by atoms with van der Waals surface area (Å²) >= 11 is 0. The molecule has 0 saturated carbocycles. The van der Waals surface area contributed by atoms with Crippen LogP contribution >= 0.6 is 0 Å². The molecule has 2 rings (SSSR count). The Bertz CT molecular complexity index is 926. The lowest BCUT2D eigenvalue weighted by Crippen LogP contribution is -2.39. The molecule has 7 heteroatoms. The summed E-state index contributed by atoms with van der Waals surface area (Å²) in [7, 11) is 1.50. The molecule has 0 fully saturated rings. The topological polar surface area (TPSA) is 101 Å². The first-order valence-corrected chi connectivity index (χ1v) is 9.71. The highest BCUT2D eigenvalue weighted by molar-refractivity contribution is 5.96. The zero-order valence-electron chi connectivity index (χ0n) is 17.1. The standard InChI is InChI=1S/C21H30N4O3/c1-5-6-11-25-19(22)18(20(27)23-21(25)28)24(4)17(26)13-16-9-7-15(8-10-16)12-14(2)3/h7-10,14H,5-6,11-13,22H2,1-4H3,(H,23,27,28). The maximum absolute atomic E-state index is 12.7. The number of carbonyl (C=O) groups excluding carboxylic acids is 1. The minimum Gasteiger partial charge on any atom is -0.383 e. The molecular formula is C21H30N4O3. The first-order valence-electron chi connectivity index (χ1n) is 9.71. The first-order chi connectivity index (χ1) is 13.2. The maximum Gasteiger partial charge on any atom is 0.330 e. The van der Waals surface area contributed by atoms with Gasteiger partial charge in [0.25, 0.3) is 5.56 Å². The number of carbonyl (C=O) groups is 1. The van der Waals surface area contributed by atoms with Crippen molar-refractivity contribution in [1.29, 1.82) is 0 Å². The van der Waals surface area contributed by atoms with Gasteiger partial charge in [0.15, 0.2) is 5.69 Å². The van der Waals surface area contributed by atoms with Crippen LogP contribution in [0.4, 0.5) is 11.5 Å². The van der Waals surface area contributed by atoms with Crippen LogP contribution in [-0.4, -0.2) is 22.5 Å². The molecule has 1 amide bonds. The molecule has 7 nitrogen and oxygen atoms in total. The Morgan fingerprint density at radius 2 is 1.79 bits per heavy atom. The van der Waals surface area contributed by atoms with Crippen molar-refractivity contribution in [2.24, 2.45) is 5.92 Å².